The molecule has 1 rings (SSSR count). The first kappa shape index (κ1) is 10.9. The van der Waals surface area contributed by atoms with E-state index in [1.54, 1.807) is 6.07 Å². The van der Waals surface area contributed by atoms with E-state index in [0.717, 1.165) is 0 Å². The van der Waals surface area contributed by atoms with Gasteiger partial charge >= 0.3 is 0 Å². The molecule has 0 aromatic heterocycles. The minimum atomic E-state index is -0.382. The van der Waals surface area contributed by atoms with E-state index >= 15 is 0 Å². The number of nitrogens with two attached hydrogens (primary N) is 1. The molecule has 0 aliphatic rings. The van der Waals surface area contributed by atoms with E-state index in [-0.39, 0.29) is 18.5 Å². The van der Waals surface area contributed by atoms with Crippen molar-refractivity contribution in [3.8, 4) is 5.75 Å². The summed E-state index contributed by atoms with van der Waals surface area (Å²) in [6.07, 6.45) is 0.409. The fraction of sp³-hybridized carbons (Fsp3) is 0.400. The topological polar surface area (TPSA) is 55.5 Å². The lowest BCUT2D eigenvalue weighted by Gasteiger charge is -2.11. The van der Waals surface area contributed by atoms with Gasteiger partial charge in [0.05, 0.1) is 7.11 Å². The van der Waals surface area contributed by atoms with Crippen LogP contribution in [0.2, 0.25) is 0 Å². The number of rotatable bonds is 4. The van der Waals surface area contributed by atoms with Crippen molar-refractivity contribution in [2.75, 3.05) is 13.7 Å². The normalized spacial score (nSPS) is 12.6. The average Bonchev–Trinajstić information content (AvgIpc) is 2.17. The van der Waals surface area contributed by atoms with Gasteiger partial charge in [0.25, 0.3) is 0 Å². The maximum absolute atomic E-state index is 13.0. The minimum Gasteiger partial charge on any atom is -0.497 e. The summed E-state index contributed by atoms with van der Waals surface area (Å²) in [4.78, 5) is 0. The van der Waals surface area contributed by atoms with Crippen LogP contribution < -0.4 is 10.5 Å². The van der Waals surface area contributed by atoms with Gasteiger partial charge in [0.2, 0.25) is 0 Å². The Morgan fingerprint density at radius 3 is 2.79 bits per heavy atom. The second-order valence-corrected chi connectivity index (χ2v) is 3.04. The van der Waals surface area contributed by atoms with Gasteiger partial charge in [-0.05, 0) is 24.1 Å². The molecule has 3 nitrogen and oxygen atoms in total. The molecule has 1 aromatic rings. The van der Waals surface area contributed by atoms with Crippen molar-refractivity contribution < 1.29 is 14.2 Å². The van der Waals surface area contributed by atoms with Gasteiger partial charge in [0.1, 0.15) is 11.6 Å². The smallest absolute Gasteiger partial charge is 0.127 e. The zero-order valence-corrected chi connectivity index (χ0v) is 8.03. The van der Waals surface area contributed by atoms with Gasteiger partial charge in [-0.3, -0.25) is 0 Å². The van der Waals surface area contributed by atoms with Gasteiger partial charge in [-0.1, -0.05) is 0 Å². The van der Waals surface area contributed by atoms with Crippen LogP contribution in [-0.2, 0) is 0 Å². The molecule has 0 unspecified atom stereocenters. The van der Waals surface area contributed by atoms with E-state index in [2.05, 4.69) is 0 Å². The molecule has 3 N–H and O–H groups in total. The standard InChI is InChI=1S/C10H14FNO2/c1-14-9-5-7(4-8(11)6-9)10(12)2-3-13/h4-6,10,13H,2-3,12H2,1H3/t10-/m1/s1. The van der Waals surface area contributed by atoms with Gasteiger partial charge in [-0.2, -0.15) is 0 Å². The van der Waals surface area contributed by atoms with E-state index in [4.69, 9.17) is 15.6 Å². The largest absolute Gasteiger partial charge is 0.497 e. The van der Waals surface area contributed by atoms with Crippen molar-refractivity contribution >= 4 is 0 Å². The summed E-state index contributed by atoms with van der Waals surface area (Å²) in [6, 6.07) is 3.95. The average molecular weight is 199 g/mol. The number of ether oxygens (including phenoxy) is 1. The third kappa shape index (κ3) is 2.68. The number of benzene rings is 1. The molecule has 0 spiro atoms. The Labute approximate surface area is 82.3 Å². The minimum absolute atomic E-state index is 0.0139. The van der Waals surface area contributed by atoms with E-state index in [9.17, 15) is 4.39 Å². The molecule has 0 amide bonds. The third-order valence-corrected chi connectivity index (χ3v) is 2.00. The van der Waals surface area contributed by atoms with Crippen molar-refractivity contribution in [1.82, 2.24) is 0 Å². The Bertz CT molecular complexity index is 304. The molecule has 0 aliphatic carbocycles. The maximum atomic E-state index is 13.0. The molecular weight excluding hydrogens is 185 g/mol. The Hall–Kier alpha value is -1.13. The van der Waals surface area contributed by atoms with Crippen LogP contribution in [0.1, 0.15) is 18.0 Å². The molecule has 4 heteroatoms. The predicted molar refractivity (Wildman–Crippen MR) is 51.6 cm³/mol. The zero-order valence-electron chi connectivity index (χ0n) is 8.03. The Morgan fingerprint density at radius 1 is 1.50 bits per heavy atom. The van der Waals surface area contributed by atoms with Crippen molar-refractivity contribution in [3.05, 3.63) is 29.6 Å². The Kier molecular flexibility index (Phi) is 3.85. The van der Waals surface area contributed by atoms with Crippen LogP contribution in [0.15, 0.2) is 18.2 Å². The van der Waals surface area contributed by atoms with Crippen LogP contribution in [0.25, 0.3) is 0 Å². The number of hydrogen-bond donors (Lipinski definition) is 2. The summed E-state index contributed by atoms with van der Waals surface area (Å²) < 4.78 is 17.9. The molecular formula is C10H14FNO2. The number of methoxy groups -OCH3 is 1. The lowest BCUT2D eigenvalue weighted by atomic mass is 10.0. The highest BCUT2D eigenvalue weighted by Crippen LogP contribution is 2.21. The van der Waals surface area contributed by atoms with Gasteiger partial charge < -0.3 is 15.6 Å². The van der Waals surface area contributed by atoms with Crippen LogP contribution >= 0.6 is 0 Å². The van der Waals surface area contributed by atoms with Crippen molar-refractivity contribution in [2.24, 2.45) is 5.73 Å². The fourth-order valence-electron chi connectivity index (χ4n) is 1.22. The molecule has 78 valence electrons. The van der Waals surface area contributed by atoms with Crippen LogP contribution in [0.3, 0.4) is 0 Å². The second kappa shape index (κ2) is 4.93. The Balaban J connectivity index is 2.90. The van der Waals surface area contributed by atoms with Crippen LogP contribution in [-0.4, -0.2) is 18.8 Å². The SMILES string of the molecule is COc1cc(F)cc([C@H](N)CCO)c1. The van der Waals surface area contributed by atoms with Gasteiger partial charge in [-0.15, -0.1) is 0 Å². The van der Waals surface area contributed by atoms with Gasteiger partial charge in [0.15, 0.2) is 0 Å². The highest BCUT2D eigenvalue weighted by Gasteiger charge is 2.08. The molecule has 0 saturated carbocycles. The van der Waals surface area contributed by atoms with Crippen LogP contribution in [0, 0.1) is 5.82 Å². The summed E-state index contributed by atoms with van der Waals surface area (Å²) in [7, 11) is 1.47. The molecule has 0 aliphatic heterocycles. The maximum Gasteiger partial charge on any atom is 0.127 e. The first-order chi connectivity index (χ1) is 6.67. The molecule has 0 radical (unpaired) electrons. The van der Waals surface area contributed by atoms with Crippen molar-refractivity contribution in [3.63, 3.8) is 0 Å². The molecule has 0 saturated heterocycles. The quantitative estimate of drug-likeness (QED) is 0.766. The van der Waals surface area contributed by atoms with Crippen LogP contribution in [0.4, 0.5) is 4.39 Å². The lowest BCUT2D eigenvalue weighted by molar-refractivity contribution is 0.276. The van der Waals surface area contributed by atoms with E-state index < -0.39 is 0 Å². The second-order valence-electron chi connectivity index (χ2n) is 3.04. The number of halogens is 1. The molecule has 1 atom stereocenters. The molecule has 1 aromatic carbocycles. The van der Waals surface area contributed by atoms with Crippen LogP contribution in [0.5, 0.6) is 5.75 Å². The number of hydrogen-bond acceptors (Lipinski definition) is 3. The first-order valence-corrected chi connectivity index (χ1v) is 4.38. The van der Waals surface area contributed by atoms with Crippen molar-refractivity contribution in [1.29, 1.82) is 0 Å². The van der Waals surface area contributed by atoms with E-state index in [0.29, 0.717) is 17.7 Å². The summed E-state index contributed by atoms with van der Waals surface area (Å²) >= 11 is 0. The summed E-state index contributed by atoms with van der Waals surface area (Å²) in [5, 5.41) is 8.69. The number of aliphatic hydroxyl groups is 1. The lowest BCUT2D eigenvalue weighted by Crippen LogP contribution is -2.12. The number of aliphatic hydroxyl groups excluding tert-OH is 1. The van der Waals surface area contributed by atoms with Gasteiger partial charge in [-0.25, -0.2) is 4.39 Å². The fourth-order valence-corrected chi connectivity index (χ4v) is 1.22. The highest BCUT2D eigenvalue weighted by atomic mass is 19.1. The molecule has 14 heavy (non-hydrogen) atoms. The summed E-state index contributed by atoms with van der Waals surface area (Å²) in [5.41, 5.74) is 6.35. The first-order valence-electron chi connectivity index (χ1n) is 4.38. The van der Waals surface area contributed by atoms with E-state index in [1.165, 1.54) is 19.2 Å². The van der Waals surface area contributed by atoms with Crippen molar-refractivity contribution in [2.45, 2.75) is 12.5 Å². The Morgan fingerprint density at radius 2 is 2.21 bits per heavy atom. The molecule has 0 fully saturated rings. The zero-order chi connectivity index (χ0) is 10.6. The summed E-state index contributed by atoms with van der Waals surface area (Å²) in [5.74, 6) is 0.0566. The summed E-state index contributed by atoms with van der Waals surface area (Å²) in [6.45, 7) is -0.0139. The predicted octanol–water partition coefficient (Wildman–Crippen LogP) is 1.22. The monoisotopic (exact) mass is 199 g/mol. The molecule has 0 bridgehead atoms. The third-order valence-electron chi connectivity index (χ3n) is 2.00. The van der Waals surface area contributed by atoms with E-state index in [1.807, 2.05) is 0 Å². The highest BCUT2D eigenvalue weighted by molar-refractivity contribution is 5.31. The molecule has 0 heterocycles. The van der Waals surface area contributed by atoms with Gasteiger partial charge in [0, 0.05) is 18.7 Å².